The molecule has 138 valence electrons. The fraction of sp³-hybridized carbons (Fsp3) is 0.0952. The first-order valence-corrected chi connectivity index (χ1v) is 9.05. The first kappa shape index (κ1) is 19.1. The van der Waals surface area contributed by atoms with Crippen molar-refractivity contribution in [3.63, 3.8) is 0 Å². The number of amides is 1. The Morgan fingerprint density at radius 1 is 0.815 bits per heavy atom. The molecule has 3 rings (SSSR count). The molecule has 0 aromatic heterocycles. The largest absolute Gasteiger partial charge is 0.490 e. The van der Waals surface area contributed by atoms with Crippen molar-refractivity contribution in [2.24, 2.45) is 0 Å². The van der Waals surface area contributed by atoms with Gasteiger partial charge < -0.3 is 14.8 Å². The zero-order chi connectivity index (χ0) is 19.1. The van der Waals surface area contributed by atoms with Crippen LogP contribution in [-0.4, -0.2) is 19.1 Å². The van der Waals surface area contributed by atoms with Gasteiger partial charge in [-0.3, -0.25) is 4.79 Å². The van der Waals surface area contributed by atoms with Crippen LogP contribution in [0.4, 0.5) is 5.69 Å². The van der Waals surface area contributed by atoms with E-state index in [0.717, 1.165) is 5.75 Å². The van der Waals surface area contributed by atoms with E-state index in [2.05, 4.69) is 5.32 Å². The minimum absolute atomic E-state index is 0.301. The summed E-state index contributed by atoms with van der Waals surface area (Å²) in [6.07, 6.45) is 0. The van der Waals surface area contributed by atoms with Crippen molar-refractivity contribution in [2.75, 3.05) is 18.5 Å². The summed E-state index contributed by atoms with van der Waals surface area (Å²) < 4.78 is 11.2. The molecule has 1 amide bonds. The summed E-state index contributed by atoms with van der Waals surface area (Å²) in [7, 11) is 0. The van der Waals surface area contributed by atoms with Gasteiger partial charge in [-0.25, -0.2) is 0 Å². The molecule has 0 aliphatic carbocycles. The molecule has 0 saturated heterocycles. The summed E-state index contributed by atoms with van der Waals surface area (Å²) in [5, 5.41) is 3.43. The summed E-state index contributed by atoms with van der Waals surface area (Å²) >= 11 is 12.1. The topological polar surface area (TPSA) is 47.6 Å². The van der Waals surface area contributed by atoms with Crippen molar-refractivity contribution in [1.82, 2.24) is 0 Å². The number of benzene rings is 3. The summed E-state index contributed by atoms with van der Waals surface area (Å²) in [5.74, 6) is 1.06. The van der Waals surface area contributed by atoms with Crippen molar-refractivity contribution in [3.8, 4) is 11.5 Å². The highest BCUT2D eigenvalue weighted by molar-refractivity contribution is 6.44. The molecule has 0 fully saturated rings. The van der Waals surface area contributed by atoms with E-state index < -0.39 is 0 Å². The van der Waals surface area contributed by atoms with Crippen LogP contribution in [0.2, 0.25) is 10.0 Å². The van der Waals surface area contributed by atoms with E-state index in [1.165, 1.54) is 0 Å². The molecule has 0 aliphatic heterocycles. The molecule has 27 heavy (non-hydrogen) atoms. The van der Waals surface area contributed by atoms with Crippen molar-refractivity contribution in [2.45, 2.75) is 0 Å². The number of rotatable bonds is 7. The molecule has 0 spiro atoms. The van der Waals surface area contributed by atoms with E-state index in [1.54, 1.807) is 42.5 Å². The van der Waals surface area contributed by atoms with Gasteiger partial charge >= 0.3 is 0 Å². The fourth-order valence-electron chi connectivity index (χ4n) is 2.36. The summed E-state index contributed by atoms with van der Waals surface area (Å²) in [4.78, 5) is 12.5. The molecule has 0 radical (unpaired) electrons. The number of halogens is 2. The van der Waals surface area contributed by atoms with E-state index in [0.29, 0.717) is 40.3 Å². The SMILES string of the molecule is O=C(Nc1cccc(Cl)c1Cl)c1cccc(OCCOc2ccccc2)c1. The van der Waals surface area contributed by atoms with Crippen molar-refractivity contribution < 1.29 is 14.3 Å². The van der Waals surface area contributed by atoms with Crippen molar-refractivity contribution in [3.05, 3.63) is 88.4 Å². The van der Waals surface area contributed by atoms with Gasteiger partial charge in [-0.15, -0.1) is 0 Å². The minimum Gasteiger partial charge on any atom is -0.490 e. The van der Waals surface area contributed by atoms with Crippen LogP contribution in [0.1, 0.15) is 10.4 Å². The van der Waals surface area contributed by atoms with E-state index in [1.807, 2.05) is 30.3 Å². The molecular weight excluding hydrogens is 385 g/mol. The fourth-order valence-corrected chi connectivity index (χ4v) is 2.71. The van der Waals surface area contributed by atoms with E-state index in [9.17, 15) is 4.79 Å². The normalized spacial score (nSPS) is 10.3. The van der Waals surface area contributed by atoms with Crippen LogP contribution in [0.3, 0.4) is 0 Å². The van der Waals surface area contributed by atoms with Crippen LogP contribution < -0.4 is 14.8 Å². The zero-order valence-electron chi connectivity index (χ0n) is 14.3. The Bertz CT molecular complexity index is 916. The Hall–Kier alpha value is -2.69. The van der Waals surface area contributed by atoms with Gasteiger partial charge in [0.2, 0.25) is 0 Å². The van der Waals surface area contributed by atoms with E-state index in [-0.39, 0.29) is 5.91 Å². The third-order valence-electron chi connectivity index (χ3n) is 3.66. The molecule has 0 saturated carbocycles. The van der Waals surface area contributed by atoms with E-state index >= 15 is 0 Å². The van der Waals surface area contributed by atoms with Crippen LogP contribution in [0, 0.1) is 0 Å². The lowest BCUT2D eigenvalue weighted by molar-refractivity contribution is 0.102. The number of ether oxygens (including phenoxy) is 2. The molecule has 4 nitrogen and oxygen atoms in total. The first-order chi connectivity index (χ1) is 13.1. The maximum Gasteiger partial charge on any atom is 0.255 e. The third-order valence-corrected chi connectivity index (χ3v) is 4.48. The Morgan fingerprint density at radius 3 is 2.26 bits per heavy atom. The molecule has 0 bridgehead atoms. The van der Waals surface area contributed by atoms with Crippen molar-refractivity contribution >= 4 is 34.8 Å². The molecule has 0 aliphatic rings. The molecule has 6 heteroatoms. The van der Waals surface area contributed by atoms with Crippen LogP contribution in [-0.2, 0) is 0 Å². The highest BCUT2D eigenvalue weighted by Crippen LogP contribution is 2.30. The highest BCUT2D eigenvalue weighted by atomic mass is 35.5. The van der Waals surface area contributed by atoms with Gasteiger partial charge in [-0.1, -0.05) is 53.5 Å². The quantitative estimate of drug-likeness (QED) is 0.516. The Morgan fingerprint density at radius 2 is 1.48 bits per heavy atom. The van der Waals surface area contributed by atoms with Gasteiger partial charge in [0, 0.05) is 5.56 Å². The Kier molecular flexibility index (Phi) is 6.58. The first-order valence-electron chi connectivity index (χ1n) is 8.29. The zero-order valence-corrected chi connectivity index (χ0v) is 15.8. The molecule has 1 N–H and O–H groups in total. The monoisotopic (exact) mass is 401 g/mol. The second kappa shape index (κ2) is 9.31. The average Bonchev–Trinajstić information content (AvgIpc) is 2.70. The van der Waals surface area contributed by atoms with Crippen LogP contribution in [0.25, 0.3) is 0 Å². The molecule has 0 atom stereocenters. The molecule has 0 unspecified atom stereocenters. The van der Waals surface area contributed by atoms with Crippen molar-refractivity contribution in [1.29, 1.82) is 0 Å². The van der Waals surface area contributed by atoms with Gasteiger partial charge in [-0.2, -0.15) is 0 Å². The molecule has 3 aromatic rings. The number of hydrogen-bond acceptors (Lipinski definition) is 3. The van der Waals surface area contributed by atoms with Gasteiger partial charge in [-0.05, 0) is 42.5 Å². The molecular formula is C21H17Cl2NO3. The average molecular weight is 402 g/mol. The van der Waals surface area contributed by atoms with Gasteiger partial charge in [0.15, 0.2) is 0 Å². The number of carbonyl (C=O) groups excluding carboxylic acids is 1. The maximum absolute atomic E-state index is 12.5. The summed E-state index contributed by atoms with van der Waals surface area (Å²) in [6.45, 7) is 0.763. The number of carbonyl (C=O) groups is 1. The smallest absolute Gasteiger partial charge is 0.255 e. The lowest BCUT2D eigenvalue weighted by Crippen LogP contribution is -2.13. The van der Waals surface area contributed by atoms with Crippen LogP contribution >= 0.6 is 23.2 Å². The highest BCUT2D eigenvalue weighted by Gasteiger charge is 2.11. The van der Waals surface area contributed by atoms with Gasteiger partial charge in [0.1, 0.15) is 24.7 Å². The molecule has 0 heterocycles. The van der Waals surface area contributed by atoms with Crippen LogP contribution in [0.5, 0.6) is 11.5 Å². The maximum atomic E-state index is 12.5. The van der Waals surface area contributed by atoms with Gasteiger partial charge in [0.05, 0.1) is 15.7 Å². The predicted molar refractivity (Wildman–Crippen MR) is 108 cm³/mol. The third kappa shape index (κ3) is 5.39. The summed E-state index contributed by atoms with van der Waals surface area (Å²) in [6, 6.07) is 21.5. The lowest BCUT2D eigenvalue weighted by atomic mass is 10.2. The number of nitrogens with one attached hydrogen (secondary N) is 1. The number of anilines is 1. The standard InChI is InChI=1S/C21H17Cl2NO3/c22-18-10-5-11-19(20(18)23)24-21(25)15-6-4-9-17(14-15)27-13-12-26-16-7-2-1-3-8-16/h1-11,14H,12-13H2,(H,24,25). The number of para-hydroxylation sites is 1. The summed E-state index contributed by atoms with van der Waals surface area (Å²) in [5.41, 5.74) is 0.907. The molecule has 3 aromatic carbocycles. The van der Waals surface area contributed by atoms with Gasteiger partial charge in [0.25, 0.3) is 5.91 Å². The Labute approximate surface area is 167 Å². The number of hydrogen-bond donors (Lipinski definition) is 1. The lowest BCUT2D eigenvalue weighted by Gasteiger charge is -2.11. The Balaban J connectivity index is 1.56. The minimum atomic E-state index is -0.301. The predicted octanol–water partition coefficient (Wildman–Crippen LogP) is 5.70. The second-order valence-corrected chi connectivity index (χ2v) is 6.38. The second-order valence-electron chi connectivity index (χ2n) is 5.59. The van der Waals surface area contributed by atoms with Crippen LogP contribution in [0.15, 0.2) is 72.8 Å². The van der Waals surface area contributed by atoms with E-state index in [4.69, 9.17) is 32.7 Å².